The van der Waals surface area contributed by atoms with E-state index in [0.717, 1.165) is 0 Å². The lowest BCUT2D eigenvalue weighted by Crippen LogP contribution is -2.28. The number of ether oxygens (including phenoxy) is 3. The molecule has 0 aliphatic heterocycles. The average molecular weight is 409 g/mol. The summed E-state index contributed by atoms with van der Waals surface area (Å²) >= 11 is 0. The highest BCUT2D eigenvalue weighted by atomic mass is 18.2. The third-order valence-electron chi connectivity index (χ3n) is 4.32. The van der Waals surface area contributed by atoms with Gasteiger partial charge in [-0.2, -0.15) is 0 Å². The fraction of sp³-hybridized carbons (Fsp3) is 0.217. The van der Waals surface area contributed by atoms with Crippen LogP contribution in [0.3, 0.4) is 0 Å². The lowest BCUT2D eigenvalue weighted by Gasteiger charge is -2.25. The van der Waals surface area contributed by atoms with Gasteiger partial charge in [-0.25, -0.2) is 9.37 Å². The van der Waals surface area contributed by atoms with Gasteiger partial charge in [0.2, 0.25) is 11.8 Å². The Labute approximate surface area is 174 Å². The SMILES string of the molecule is COc1ccc(OCC[18F])c(CN(C(C)=O)c2ccccc2Oc2ccccn2)c1. The Kier molecular flexibility index (Phi) is 7.21. The molecule has 0 bridgehead atoms. The van der Waals surface area contributed by atoms with E-state index in [1.807, 2.05) is 18.2 Å². The summed E-state index contributed by atoms with van der Waals surface area (Å²) in [5.74, 6) is 1.82. The molecule has 0 aliphatic carbocycles. The first-order chi connectivity index (χ1) is 14.6. The lowest BCUT2D eigenvalue weighted by molar-refractivity contribution is -0.116. The first-order valence-corrected chi connectivity index (χ1v) is 9.44. The van der Waals surface area contributed by atoms with Gasteiger partial charge in [0.25, 0.3) is 0 Å². The number of alkyl halides is 1. The lowest BCUT2D eigenvalue weighted by atomic mass is 10.1. The van der Waals surface area contributed by atoms with Crippen molar-refractivity contribution in [2.24, 2.45) is 0 Å². The second kappa shape index (κ2) is 10.2. The Bertz CT molecular complexity index is 982. The van der Waals surface area contributed by atoms with E-state index in [1.54, 1.807) is 60.7 Å². The maximum Gasteiger partial charge on any atom is 0.224 e. The van der Waals surface area contributed by atoms with Crippen LogP contribution in [0.25, 0.3) is 0 Å². The van der Waals surface area contributed by atoms with E-state index in [1.165, 1.54) is 6.92 Å². The number of para-hydroxylation sites is 2. The summed E-state index contributed by atoms with van der Waals surface area (Å²) < 4.78 is 29.4. The molecule has 156 valence electrons. The van der Waals surface area contributed by atoms with E-state index in [2.05, 4.69) is 4.98 Å². The van der Waals surface area contributed by atoms with E-state index < -0.39 is 6.67 Å². The summed E-state index contributed by atoms with van der Waals surface area (Å²) in [6.45, 7) is 0.984. The number of pyridine rings is 1. The minimum absolute atomic E-state index is 0.0707. The van der Waals surface area contributed by atoms with Crippen LogP contribution in [0.15, 0.2) is 66.9 Å². The molecule has 0 unspecified atom stereocenters. The maximum absolute atomic E-state index is 12.6. The molecule has 1 heterocycles. The van der Waals surface area contributed by atoms with Crippen molar-refractivity contribution in [1.29, 1.82) is 0 Å². The largest absolute Gasteiger partial charge is 0.497 e. The van der Waals surface area contributed by atoms with Crippen LogP contribution < -0.4 is 19.1 Å². The minimum Gasteiger partial charge on any atom is -0.497 e. The van der Waals surface area contributed by atoms with Crippen molar-refractivity contribution in [3.05, 3.63) is 72.4 Å². The van der Waals surface area contributed by atoms with Crippen molar-refractivity contribution in [3.8, 4) is 23.1 Å². The molecule has 0 radical (unpaired) electrons. The highest BCUT2D eigenvalue weighted by Gasteiger charge is 2.20. The second-order valence-corrected chi connectivity index (χ2v) is 6.35. The highest BCUT2D eigenvalue weighted by Crippen LogP contribution is 2.34. The van der Waals surface area contributed by atoms with Gasteiger partial charge < -0.3 is 19.1 Å². The fourth-order valence-corrected chi connectivity index (χ4v) is 2.92. The quantitative estimate of drug-likeness (QED) is 0.509. The zero-order chi connectivity index (χ0) is 21.3. The number of amides is 1. The molecule has 0 saturated carbocycles. The molecule has 0 aliphatic rings. The van der Waals surface area contributed by atoms with Gasteiger partial charge in [0.1, 0.15) is 24.8 Å². The molecule has 1 aromatic heterocycles. The summed E-state index contributed by atoms with van der Waals surface area (Å²) in [6, 6.07) is 17.8. The Morgan fingerprint density at radius 2 is 1.87 bits per heavy atom. The standard InChI is InChI=1S/C23H23FN2O4/c1-17(27)26(16-18-15-19(28-2)10-11-21(18)29-14-12-24)20-7-3-4-8-22(20)30-23-9-5-6-13-25-23/h3-11,13,15H,12,14,16H2,1-2H3/i24-1. The molecule has 1 amide bonds. The number of halogens is 1. The van der Waals surface area contributed by atoms with Gasteiger partial charge >= 0.3 is 0 Å². The molecule has 0 spiro atoms. The van der Waals surface area contributed by atoms with Gasteiger partial charge in [-0.15, -0.1) is 0 Å². The summed E-state index contributed by atoms with van der Waals surface area (Å²) in [5, 5.41) is 0. The average Bonchev–Trinajstić information content (AvgIpc) is 2.77. The van der Waals surface area contributed by atoms with Crippen LogP contribution in [0.2, 0.25) is 0 Å². The van der Waals surface area contributed by atoms with Crippen molar-refractivity contribution in [2.75, 3.05) is 25.3 Å². The van der Waals surface area contributed by atoms with Crippen molar-refractivity contribution in [1.82, 2.24) is 4.98 Å². The molecule has 0 saturated heterocycles. The molecule has 0 atom stereocenters. The first kappa shape index (κ1) is 21.1. The van der Waals surface area contributed by atoms with E-state index in [0.29, 0.717) is 34.4 Å². The van der Waals surface area contributed by atoms with Gasteiger partial charge in [0.15, 0.2) is 5.75 Å². The van der Waals surface area contributed by atoms with E-state index >= 15 is 0 Å². The molecule has 0 fully saturated rings. The molecule has 2 aromatic carbocycles. The number of hydrogen-bond donors (Lipinski definition) is 0. The van der Waals surface area contributed by atoms with E-state index in [-0.39, 0.29) is 19.1 Å². The fourth-order valence-electron chi connectivity index (χ4n) is 2.92. The molecule has 3 rings (SSSR count). The predicted molar refractivity (Wildman–Crippen MR) is 112 cm³/mol. The van der Waals surface area contributed by atoms with Crippen LogP contribution in [-0.2, 0) is 11.3 Å². The van der Waals surface area contributed by atoms with Gasteiger partial charge in [-0.1, -0.05) is 18.2 Å². The van der Waals surface area contributed by atoms with Crippen LogP contribution in [0.1, 0.15) is 12.5 Å². The highest BCUT2D eigenvalue weighted by molar-refractivity contribution is 5.93. The Hall–Kier alpha value is -3.61. The van der Waals surface area contributed by atoms with Gasteiger partial charge in [-0.3, -0.25) is 4.79 Å². The molecule has 7 heteroatoms. The minimum atomic E-state index is -0.608. The number of hydrogen-bond acceptors (Lipinski definition) is 5. The number of carbonyl (C=O) groups excluding carboxylic acids is 1. The molecule has 3 aromatic rings. The third-order valence-corrected chi connectivity index (χ3v) is 4.32. The van der Waals surface area contributed by atoms with Crippen LogP contribution in [0, 0.1) is 0 Å². The molecule has 0 N–H and O–H groups in total. The van der Waals surface area contributed by atoms with E-state index in [4.69, 9.17) is 14.2 Å². The summed E-state index contributed by atoms with van der Waals surface area (Å²) in [6.07, 6.45) is 1.63. The topological polar surface area (TPSA) is 60.9 Å². The molecular formula is C23H23FN2O4. The normalized spacial score (nSPS) is 10.4. The third kappa shape index (κ3) is 5.26. The Morgan fingerprint density at radius 1 is 1.07 bits per heavy atom. The number of carbonyl (C=O) groups is 1. The molecule has 30 heavy (non-hydrogen) atoms. The van der Waals surface area contributed by atoms with Crippen molar-refractivity contribution >= 4 is 11.6 Å². The monoisotopic (exact) mass is 409 g/mol. The van der Waals surface area contributed by atoms with Crippen molar-refractivity contribution < 1.29 is 23.4 Å². The first-order valence-electron chi connectivity index (χ1n) is 9.44. The van der Waals surface area contributed by atoms with Crippen LogP contribution in [-0.4, -0.2) is 31.3 Å². The van der Waals surface area contributed by atoms with Gasteiger partial charge in [-0.05, 0) is 36.4 Å². The number of rotatable bonds is 9. The summed E-state index contributed by atoms with van der Waals surface area (Å²) in [4.78, 5) is 18.3. The number of aromatic nitrogens is 1. The number of methoxy groups -OCH3 is 1. The van der Waals surface area contributed by atoms with Crippen LogP contribution in [0.4, 0.5) is 10.1 Å². The van der Waals surface area contributed by atoms with Gasteiger partial charge in [0.05, 0.1) is 19.3 Å². The van der Waals surface area contributed by atoms with Crippen molar-refractivity contribution in [2.45, 2.75) is 13.5 Å². The number of anilines is 1. The Balaban J connectivity index is 1.95. The number of benzene rings is 2. The molecule has 6 nitrogen and oxygen atoms in total. The smallest absolute Gasteiger partial charge is 0.224 e. The Morgan fingerprint density at radius 3 is 2.57 bits per heavy atom. The second-order valence-electron chi connectivity index (χ2n) is 6.35. The zero-order valence-electron chi connectivity index (χ0n) is 16.9. The maximum atomic E-state index is 12.6. The van der Waals surface area contributed by atoms with E-state index in [9.17, 15) is 9.18 Å². The molecular weight excluding hydrogens is 386 g/mol. The number of nitrogens with zero attached hydrogens (tertiary/aromatic N) is 2. The van der Waals surface area contributed by atoms with Crippen LogP contribution in [0.5, 0.6) is 23.1 Å². The van der Waals surface area contributed by atoms with Crippen LogP contribution >= 0.6 is 0 Å². The summed E-state index contributed by atoms with van der Waals surface area (Å²) in [7, 11) is 1.56. The van der Waals surface area contributed by atoms with Crippen molar-refractivity contribution in [3.63, 3.8) is 0 Å². The predicted octanol–water partition coefficient (Wildman–Crippen LogP) is 4.78. The van der Waals surface area contributed by atoms with Gasteiger partial charge in [0, 0.05) is 24.8 Å². The summed E-state index contributed by atoms with van der Waals surface area (Å²) in [5.41, 5.74) is 1.26. The zero-order valence-corrected chi connectivity index (χ0v) is 16.9.